The van der Waals surface area contributed by atoms with Crippen LogP contribution in [0.15, 0.2) is 47.7 Å². The summed E-state index contributed by atoms with van der Waals surface area (Å²) in [6, 6.07) is 9.11. The standard InChI is InChI=1S/C14H15ClN4O/c1-20-13-5-4-11(7-12(13)15)19-14(16)18-9-10-3-2-6-17-8-10/h2-8H,9H2,1H3,(H3,16,18,19). The molecular formula is C14H15ClN4O. The summed E-state index contributed by atoms with van der Waals surface area (Å²) in [6.45, 7) is 0.469. The highest BCUT2D eigenvalue weighted by Crippen LogP contribution is 2.26. The molecule has 1 aromatic carbocycles. The second kappa shape index (κ2) is 6.77. The molecule has 0 unspecified atom stereocenters. The predicted octanol–water partition coefficient (Wildman–Crippen LogP) is 2.67. The van der Waals surface area contributed by atoms with Gasteiger partial charge in [-0.1, -0.05) is 17.7 Å². The van der Waals surface area contributed by atoms with Gasteiger partial charge in [0.2, 0.25) is 0 Å². The van der Waals surface area contributed by atoms with Crippen LogP contribution in [0.2, 0.25) is 5.02 Å². The Morgan fingerprint density at radius 3 is 2.95 bits per heavy atom. The van der Waals surface area contributed by atoms with E-state index in [1.165, 1.54) is 0 Å². The van der Waals surface area contributed by atoms with Crippen molar-refractivity contribution in [1.82, 2.24) is 4.98 Å². The number of halogens is 1. The number of benzene rings is 1. The van der Waals surface area contributed by atoms with Gasteiger partial charge in [-0.2, -0.15) is 0 Å². The van der Waals surface area contributed by atoms with Crippen molar-refractivity contribution in [3.63, 3.8) is 0 Å². The van der Waals surface area contributed by atoms with Crippen LogP contribution in [-0.2, 0) is 6.54 Å². The van der Waals surface area contributed by atoms with E-state index in [1.54, 1.807) is 31.6 Å². The van der Waals surface area contributed by atoms with Crippen molar-refractivity contribution < 1.29 is 4.74 Å². The Labute approximate surface area is 122 Å². The van der Waals surface area contributed by atoms with Crippen LogP contribution in [0.1, 0.15) is 5.56 Å². The van der Waals surface area contributed by atoms with E-state index in [0.29, 0.717) is 23.3 Å². The first-order valence-electron chi connectivity index (χ1n) is 5.98. The van der Waals surface area contributed by atoms with E-state index in [9.17, 15) is 0 Å². The van der Waals surface area contributed by atoms with Gasteiger partial charge in [0, 0.05) is 18.1 Å². The molecule has 0 aliphatic rings. The quantitative estimate of drug-likeness (QED) is 0.671. The van der Waals surface area contributed by atoms with Crippen molar-refractivity contribution in [3.8, 4) is 5.75 Å². The Morgan fingerprint density at radius 1 is 1.45 bits per heavy atom. The molecule has 2 rings (SSSR count). The maximum atomic E-state index is 6.03. The summed E-state index contributed by atoms with van der Waals surface area (Å²) in [5.41, 5.74) is 7.56. The number of aromatic nitrogens is 1. The molecule has 0 fully saturated rings. The number of ether oxygens (including phenoxy) is 1. The molecule has 5 nitrogen and oxygen atoms in total. The number of guanidine groups is 1. The maximum Gasteiger partial charge on any atom is 0.193 e. The molecule has 0 saturated carbocycles. The average molecular weight is 291 g/mol. The number of nitrogens with zero attached hydrogens (tertiary/aromatic N) is 2. The van der Waals surface area contributed by atoms with Crippen LogP contribution in [0, 0.1) is 0 Å². The molecule has 0 amide bonds. The van der Waals surface area contributed by atoms with Gasteiger partial charge >= 0.3 is 0 Å². The fraction of sp³-hybridized carbons (Fsp3) is 0.143. The van der Waals surface area contributed by atoms with Crippen LogP contribution in [0.3, 0.4) is 0 Å². The fourth-order valence-corrected chi connectivity index (χ4v) is 1.86. The lowest BCUT2D eigenvalue weighted by molar-refractivity contribution is 0.415. The second-order valence-electron chi connectivity index (χ2n) is 4.04. The van der Waals surface area contributed by atoms with Crippen LogP contribution >= 0.6 is 11.6 Å². The van der Waals surface area contributed by atoms with Crippen LogP contribution in [0.4, 0.5) is 5.69 Å². The molecule has 20 heavy (non-hydrogen) atoms. The highest BCUT2D eigenvalue weighted by atomic mass is 35.5. The SMILES string of the molecule is COc1ccc(NC(N)=NCc2cccnc2)cc1Cl. The number of hydrogen-bond acceptors (Lipinski definition) is 3. The molecular weight excluding hydrogens is 276 g/mol. The zero-order valence-electron chi connectivity index (χ0n) is 11.0. The Morgan fingerprint density at radius 2 is 2.30 bits per heavy atom. The van der Waals surface area contributed by atoms with E-state index in [-0.39, 0.29) is 0 Å². The van der Waals surface area contributed by atoms with E-state index in [4.69, 9.17) is 22.1 Å². The van der Waals surface area contributed by atoms with Crippen molar-refractivity contribution in [2.24, 2.45) is 10.7 Å². The number of methoxy groups -OCH3 is 1. The highest BCUT2D eigenvalue weighted by Gasteiger charge is 2.02. The fourth-order valence-electron chi connectivity index (χ4n) is 1.60. The first kappa shape index (κ1) is 14.1. The second-order valence-corrected chi connectivity index (χ2v) is 4.44. The summed E-state index contributed by atoms with van der Waals surface area (Å²) in [4.78, 5) is 8.25. The Hall–Kier alpha value is -2.27. The molecule has 6 heteroatoms. The van der Waals surface area contributed by atoms with Gasteiger partial charge in [0.25, 0.3) is 0 Å². The summed E-state index contributed by atoms with van der Waals surface area (Å²) in [6.07, 6.45) is 3.47. The summed E-state index contributed by atoms with van der Waals surface area (Å²) in [5.74, 6) is 0.929. The number of hydrogen-bond donors (Lipinski definition) is 2. The van der Waals surface area contributed by atoms with Crippen molar-refractivity contribution in [2.75, 3.05) is 12.4 Å². The molecule has 0 aliphatic heterocycles. The molecule has 0 spiro atoms. The van der Waals surface area contributed by atoms with Crippen molar-refractivity contribution in [1.29, 1.82) is 0 Å². The Bertz CT molecular complexity index is 601. The number of nitrogens with two attached hydrogens (primary N) is 1. The normalized spacial score (nSPS) is 11.2. The summed E-state index contributed by atoms with van der Waals surface area (Å²) in [5, 5.41) is 3.48. The third kappa shape index (κ3) is 3.86. The van der Waals surface area contributed by atoms with E-state index in [1.807, 2.05) is 18.2 Å². The minimum atomic E-state index is 0.315. The summed E-state index contributed by atoms with van der Waals surface area (Å²) in [7, 11) is 1.57. The zero-order valence-corrected chi connectivity index (χ0v) is 11.8. The van der Waals surface area contributed by atoms with Gasteiger partial charge in [0.05, 0.1) is 18.7 Å². The summed E-state index contributed by atoms with van der Waals surface area (Å²) >= 11 is 6.03. The van der Waals surface area contributed by atoms with Crippen LogP contribution in [-0.4, -0.2) is 18.1 Å². The van der Waals surface area contributed by atoms with Crippen molar-refractivity contribution in [2.45, 2.75) is 6.54 Å². The maximum absolute atomic E-state index is 6.03. The molecule has 0 aliphatic carbocycles. The van der Waals surface area contributed by atoms with Crippen molar-refractivity contribution in [3.05, 3.63) is 53.3 Å². The van der Waals surface area contributed by atoms with E-state index >= 15 is 0 Å². The van der Waals surface area contributed by atoms with Crippen LogP contribution in [0.25, 0.3) is 0 Å². The number of nitrogens with one attached hydrogen (secondary N) is 1. The molecule has 0 radical (unpaired) electrons. The van der Waals surface area contributed by atoms with Gasteiger partial charge in [0.1, 0.15) is 5.75 Å². The van der Waals surface area contributed by atoms with E-state index < -0.39 is 0 Å². The molecule has 1 aromatic heterocycles. The van der Waals surface area contributed by atoms with Gasteiger partial charge in [-0.25, -0.2) is 4.99 Å². The topological polar surface area (TPSA) is 72.5 Å². The molecule has 2 aromatic rings. The zero-order chi connectivity index (χ0) is 14.4. The van der Waals surface area contributed by atoms with Gasteiger partial charge < -0.3 is 15.8 Å². The molecule has 0 bridgehead atoms. The smallest absolute Gasteiger partial charge is 0.193 e. The monoisotopic (exact) mass is 290 g/mol. The number of anilines is 1. The van der Waals surface area contributed by atoms with Crippen LogP contribution in [0.5, 0.6) is 5.75 Å². The van der Waals surface area contributed by atoms with Gasteiger partial charge in [-0.3, -0.25) is 4.98 Å². The highest BCUT2D eigenvalue weighted by molar-refractivity contribution is 6.32. The number of rotatable bonds is 4. The molecule has 0 atom stereocenters. The first-order valence-corrected chi connectivity index (χ1v) is 6.36. The minimum Gasteiger partial charge on any atom is -0.495 e. The third-order valence-electron chi connectivity index (χ3n) is 2.58. The number of aliphatic imine (C=N–C) groups is 1. The van der Waals surface area contributed by atoms with E-state index in [2.05, 4.69) is 15.3 Å². The average Bonchev–Trinajstić information content (AvgIpc) is 2.46. The van der Waals surface area contributed by atoms with Gasteiger partial charge in [-0.15, -0.1) is 0 Å². The Balaban J connectivity index is 2.00. The number of pyridine rings is 1. The lowest BCUT2D eigenvalue weighted by Crippen LogP contribution is -2.22. The van der Waals surface area contributed by atoms with Gasteiger partial charge in [-0.05, 0) is 29.8 Å². The first-order chi connectivity index (χ1) is 9.69. The Kier molecular flexibility index (Phi) is 4.79. The van der Waals surface area contributed by atoms with Crippen molar-refractivity contribution >= 4 is 23.2 Å². The third-order valence-corrected chi connectivity index (χ3v) is 2.87. The predicted molar refractivity (Wildman–Crippen MR) is 81.2 cm³/mol. The lowest BCUT2D eigenvalue weighted by atomic mass is 10.3. The molecule has 104 valence electrons. The largest absolute Gasteiger partial charge is 0.495 e. The molecule has 3 N–H and O–H groups in total. The molecule has 0 saturated heterocycles. The lowest BCUT2D eigenvalue weighted by Gasteiger charge is -2.08. The molecule has 1 heterocycles. The summed E-state index contributed by atoms with van der Waals surface area (Å²) < 4.78 is 5.08. The minimum absolute atomic E-state index is 0.315. The van der Waals surface area contributed by atoms with Crippen LogP contribution < -0.4 is 15.8 Å². The van der Waals surface area contributed by atoms with Gasteiger partial charge in [0.15, 0.2) is 5.96 Å². The van der Waals surface area contributed by atoms with E-state index in [0.717, 1.165) is 11.3 Å².